The van der Waals surface area contributed by atoms with Gasteiger partial charge in [0.05, 0.1) is 0 Å². The molecule has 0 atom stereocenters. The highest BCUT2D eigenvalue weighted by Gasteiger charge is 1.89. The van der Waals surface area contributed by atoms with E-state index in [1.54, 1.807) is 0 Å². The van der Waals surface area contributed by atoms with Gasteiger partial charge < -0.3 is 0 Å². The maximum absolute atomic E-state index is 3.71. The Morgan fingerprint density at radius 2 is 1.38 bits per heavy atom. The first-order chi connectivity index (χ1) is 6.41. The molecule has 0 heterocycles. The van der Waals surface area contributed by atoms with Gasteiger partial charge in [0.15, 0.2) is 0 Å². The third kappa shape index (κ3) is 11.3. The minimum absolute atomic E-state index is 1.15. The van der Waals surface area contributed by atoms with Crippen molar-refractivity contribution in [3.63, 3.8) is 0 Å². The van der Waals surface area contributed by atoms with Gasteiger partial charge in [-0.3, -0.25) is 0 Å². The Labute approximate surface area is 83.0 Å². The van der Waals surface area contributed by atoms with Crippen molar-refractivity contribution in [2.75, 3.05) is 0 Å². The molecule has 0 nitrogen and oxygen atoms in total. The predicted octanol–water partition coefficient (Wildman–Crippen LogP) is 4.63. The highest BCUT2D eigenvalue weighted by atomic mass is 13.9. The van der Waals surface area contributed by atoms with E-state index in [-0.39, 0.29) is 0 Å². The molecule has 0 saturated carbocycles. The molecule has 74 valence electrons. The lowest BCUT2D eigenvalue weighted by molar-refractivity contribution is 0.600. The lowest BCUT2D eigenvalue weighted by Crippen LogP contribution is -1.78. The summed E-state index contributed by atoms with van der Waals surface area (Å²) in [7, 11) is 0. The second-order valence-electron chi connectivity index (χ2n) is 3.40. The monoisotopic (exact) mass is 178 g/mol. The molecule has 0 heteroatoms. The molecule has 0 amide bonds. The van der Waals surface area contributed by atoms with E-state index in [0.29, 0.717) is 0 Å². The Balaban J connectivity index is 2.90. The third-order valence-electron chi connectivity index (χ3n) is 2.15. The molecular formula is C13H22. The quantitative estimate of drug-likeness (QED) is 0.274. The van der Waals surface area contributed by atoms with Gasteiger partial charge in [-0.2, -0.15) is 0 Å². The Bertz CT molecular complexity index is 149. The van der Waals surface area contributed by atoms with Gasteiger partial charge in [-0.15, -0.1) is 12.3 Å². The van der Waals surface area contributed by atoms with Gasteiger partial charge in [0.2, 0.25) is 0 Å². The van der Waals surface area contributed by atoms with Gasteiger partial charge in [-0.1, -0.05) is 38.3 Å². The van der Waals surface area contributed by atoms with Crippen molar-refractivity contribution in [2.24, 2.45) is 0 Å². The maximum atomic E-state index is 3.71. The second kappa shape index (κ2) is 11.3. The summed E-state index contributed by atoms with van der Waals surface area (Å²) >= 11 is 0. The molecule has 0 saturated heterocycles. The highest BCUT2D eigenvalue weighted by molar-refractivity contribution is 4.74. The molecule has 0 bridgehead atoms. The first-order valence-electron chi connectivity index (χ1n) is 5.37. The van der Waals surface area contributed by atoms with Crippen molar-refractivity contribution in [3.05, 3.63) is 31.0 Å². The number of unbranched alkanes of at least 4 members (excludes halogenated alkanes) is 7. The standard InChI is InChI=1S/C13H22/c1-3-5-7-9-11-13-12-10-8-6-4-2/h3,6H,1-2,5,7-13H2. The van der Waals surface area contributed by atoms with E-state index >= 15 is 0 Å². The van der Waals surface area contributed by atoms with Gasteiger partial charge in [-0.05, 0) is 31.8 Å². The van der Waals surface area contributed by atoms with Crippen molar-refractivity contribution in [2.45, 2.75) is 51.4 Å². The summed E-state index contributed by atoms with van der Waals surface area (Å²) < 4.78 is 0. The Kier molecular flexibility index (Phi) is 10.6. The lowest BCUT2D eigenvalue weighted by Gasteiger charge is -1.98. The highest BCUT2D eigenvalue weighted by Crippen LogP contribution is 2.08. The average molecular weight is 178 g/mol. The van der Waals surface area contributed by atoms with E-state index in [1.807, 2.05) is 12.2 Å². The van der Waals surface area contributed by atoms with Crippen molar-refractivity contribution >= 4 is 0 Å². The van der Waals surface area contributed by atoms with Crippen LogP contribution in [-0.4, -0.2) is 0 Å². The number of hydrogen-bond acceptors (Lipinski definition) is 0. The van der Waals surface area contributed by atoms with Crippen molar-refractivity contribution in [1.29, 1.82) is 0 Å². The predicted molar refractivity (Wildman–Crippen MR) is 60.8 cm³/mol. The summed E-state index contributed by atoms with van der Waals surface area (Å²) in [6.07, 6.45) is 14.4. The van der Waals surface area contributed by atoms with Gasteiger partial charge in [0.25, 0.3) is 0 Å². The average Bonchev–Trinajstić information content (AvgIpc) is 2.16. The molecule has 0 fully saturated rings. The fraction of sp³-hybridized carbons (Fsp3) is 0.615. The van der Waals surface area contributed by atoms with Crippen LogP contribution in [0.15, 0.2) is 31.0 Å². The van der Waals surface area contributed by atoms with E-state index in [2.05, 4.69) is 18.9 Å². The topological polar surface area (TPSA) is 0 Å². The SMILES string of the molecule is C=C=CCCCCCCCCC=C. The number of allylic oxidation sites excluding steroid dienone is 2. The number of hydrogen-bond donors (Lipinski definition) is 0. The first-order valence-corrected chi connectivity index (χ1v) is 5.37. The van der Waals surface area contributed by atoms with Crippen LogP contribution < -0.4 is 0 Å². The van der Waals surface area contributed by atoms with Crippen LogP contribution >= 0.6 is 0 Å². The molecule has 0 spiro atoms. The van der Waals surface area contributed by atoms with Gasteiger partial charge in [0.1, 0.15) is 0 Å². The molecule has 0 aliphatic rings. The third-order valence-corrected chi connectivity index (χ3v) is 2.15. The summed E-state index contributed by atoms with van der Waals surface area (Å²) in [6, 6.07) is 0. The second-order valence-corrected chi connectivity index (χ2v) is 3.40. The normalized spacial score (nSPS) is 9.23. The maximum Gasteiger partial charge on any atom is -0.0275 e. The van der Waals surface area contributed by atoms with Crippen LogP contribution in [0.25, 0.3) is 0 Å². The molecule has 0 aromatic carbocycles. The zero-order valence-corrected chi connectivity index (χ0v) is 8.73. The van der Waals surface area contributed by atoms with Crippen LogP contribution in [0.5, 0.6) is 0 Å². The Hall–Kier alpha value is -0.740. The number of rotatable bonds is 9. The minimum atomic E-state index is 1.15. The van der Waals surface area contributed by atoms with Crippen LogP contribution in [0.2, 0.25) is 0 Å². The zero-order chi connectivity index (χ0) is 9.78. The lowest BCUT2D eigenvalue weighted by atomic mass is 10.1. The molecule has 0 unspecified atom stereocenters. The zero-order valence-electron chi connectivity index (χ0n) is 8.73. The first kappa shape index (κ1) is 12.3. The Morgan fingerprint density at radius 1 is 0.846 bits per heavy atom. The van der Waals surface area contributed by atoms with Crippen LogP contribution in [0.4, 0.5) is 0 Å². The van der Waals surface area contributed by atoms with E-state index in [1.165, 1.54) is 44.9 Å². The van der Waals surface area contributed by atoms with E-state index in [4.69, 9.17) is 0 Å². The van der Waals surface area contributed by atoms with E-state index in [0.717, 1.165) is 6.42 Å². The van der Waals surface area contributed by atoms with E-state index in [9.17, 15) is 0 Å². The minimum Gasteiger partial charge on any atom is -0.133 e. The molecule has 0 aromatic rings. The summed E-state index contributed by atoms with van der Waals surface area (Å²) in [5.41, 5.74) is 2.80. The van der Waals surface area contributed by atoms with Crippen molar-refractivity contribution in [3.8, 4) is 0 Å². The molecular weight excluding hydrogens is 156 g/mol. The summed E-state index contributed by atoms with van der Waals surface area (Å²) in [5, 5.41) is 0. The van der Waals surface area contributed by atoms with Crippen molar-refractivity contribution in [1.82, 2.24) is 0 Å². The van der Waals surface area contributed by atoms with Crippen LogP contribution in [-0.2, 0) is 0 Å². The summed E-state index contributed by atoms with van der Waals surface area (Å²) in [4.78, 5) is 0. The molecule has 0 rings (SSSR count). The molecule has 0 radical (unpaired) electrons. The fourth-order valence-corrected chi connectivity index (χ4v) is 1.34. The Morgan fingerprint density at radius 3 is 1.92 bits per heavy atom. The van der Waals surface area contributed by atoms with Crippen LogP contribution in [0, 0.1) is 0 Å². The van der Waals surface area contributed by atoms with Gasteiger partial charge >= 0.3 is 0 Å². The molecule has 13 heavy (non-hydrogen) atoms. The molecule has 0 aromatic heterocycles. The van der Waals surface area contributed by atoms with Crippen LogP contribution in [0.1, 0.15) is 51.4 Å². The van der Waals surface area contributed by atoms with Gasteiger partial charge in [0, 0.05) is 0 Å². The molecule has 0 aliphatic heterocycles. The fourth-order valence-electron chi connectivity index (χ4n) is 1.34. The molecule has 0 aliphatic carbocycles. The van der Waals surface area contributed by atoms with Crippen molar-refractivity contribution < 1.29 is 0 Å². The smallest absolute Gasteiger partial charge is 0.0275 e. The molecule has 0 N–H and O–H groups in total. The van der Waals surface area contributed by atoms with Crippen LogP contribution in [0.3, 0.4) is 0 Å². The largest absolute Gasteiger partial charge is 0.133 e. The summed E-state index contributed by atoms with van der Waals surface area (Å²) in [5.74, 6) is 0. The van der Waals surface area contributed by atoms with Gasteiger partial charge in [-0.25, -0.2) is 0 Å². The summed E-state index contributed by atoms with van der Waals surface area (Å²) in [6.45, 7) is 7.25. The van der Waals surface area contributed by atoms with E-state index < -0.39 is 0 Å².